The Morgan fingerprint density at radius 3 is 2.56 bits per heavy atom. The molecule has 4 heteroatoms. The Kier molecular flexibility index (Phi) is 3.17. The lowest BCUT2D eigenvalue weighted by atomic mass is 9.97. The van der Waals surface area contributed by atoms with Crippen molar-refractivity contribution in [3.8, 4) is 6.07 Å². The Balaban J connectivity index is 1.95. The van der Waals surface area contributed by atoms with Crippen LogP contribution in [0.2, 0.25) is 0 Å². The second-order valence-electron chi connectivity index (χ2n) is 4.76. The van der Waals surface area contributed by atoms with Gasteiger partial charge in [0.25, 0.3) is 0 Å². The van der Waals surface area contributed by atoms with Crippen molar-refractivity contribution in [3.63, 3.8) is 0 Å². The summed E-state index contributed by atoms with van der Waals surface area (Å²) in [6.07, 6.45) is 3.19. The van der Waals surface area contributed by atoms with E-state index in [1.54, 1.807) is 42.2 Å². The van der Waals surface area contributed by atoms with Gasteiger partial charge in [-0.2, -0.15) is 5.26 Å². The van der Waals surface area contributed by atoms with E-state index in [2.05, 4.69) is 0 Å². The van der Waals surface area contributed by atoms with Crippen LogP contribution >= 0.6 is 0 Å². The molecular formula is C14H14N2O2. The van der Waals surface area contributed by atoms with Crippen LogP contribution in [-0.2, 0) is 4.79 Å². The number of β-amino-alcohol motifs (C(OH)–C–C–N with tert-alkyl or cyclic N) is 1. The van der Waals surface area contributed by atoms with Gasteiger partial charge < -0.3 is 10.0 Å². The number of amides is 1. The molecule has 0 bridgehead atoms. The zero-order valence-electron chi connectivity index (χ0n) is 10.1. The Morgan fingerprint density at radius 2 is 2.06 bits per heavy atom. The van der Waals surface area contributed by atoms with Crippen molar-refractivity contribution in [3.05, 3.63) is 41.5 Å². The summed E-state index contributed by atoms with van der Waals surface area (Å²) < 4.78 is 0. The van der Waals surface area contributed by atoms with Crippen LogP contribution in [0.1, 0.15) is 18.1 Å². The van der Waals surface area contributed by atoms with E-state index in [0.29, 0.717) is 18.7 Å². The van der Waals surface area contributed by atoms with E-state index in [9.17, 15) is 9.90 Å². The smallest absolute Gasteiger partial charge is 0.246 e. The van der Waals surface area contributed by atoms with Gasteiger partial charge >= 0.3 is 0 Å². The maximum absolute atomic E-state index is 11.7. The summed E-state index contributed by atoms with van der Waals surface area (Å²) in [5.41, 5.74) is 0.727. The summed E-state index contributed by atoms with van der Waals surface area (Å²) in [5, 5.41) is 18.2. The topological polar surface area (TPSA) is 64.3 Å². The molecule has 0 unspecified atom stereocenters. The Hall–Kier alpha value is -2.12. The van der Waals surface area contributed by atoms with Crippen molar-refractivity contribution >= 4 is 12.0 Å². The van der Waals surface area contributed by atoms with Crippen LogP contribution in [0, 0.1) is 11.3 Å². The van der Waals surface area contributed by atoms with Crippen molar-refractivity contribution < 1.29 is 9.90 Å². The van der Waals surface area contributed by atoms with Crippen LogP contribution in [0.15, 0.2) is 30.3 Å². The Morgan fingerprint density at radius 1 is 1.44 bits per heavy atom. The van der Waals surface area contributed by atoms with Gasteiger partial charge in [-0.15, -0.1) is 0 Å². The highest BCUT2D eigenvalue weighted by Crippen LogP contribution is 2.20. The lowest BCUT2D eigenvalue weighted by Crippen LogP contribution is -2.61. The van der Waals surface area contributed by atoms with Gasteiger partial charge in [-0.3, -0.25) is 4.79 Å². The lowest BCUT2D eigenvalue weighted by molar-refractivity contribution is -0.146. The zero-order valence-corrected chi connectivity index (χ0v) is 10.1. The van der Waals surface area contributed by atoms with E-state index in [1.807, 2.05) is 6.07 Å². The van der Waals surface area contributed by atoms with Crippen LogP contribution in [0.25, 0.3) is 6.08 Å². The van der Waals surface area contributed by atoms with E-state index < -0.39 is 5.60 Å². The van der Waals surface area contributed by atoms with Crippen LogP contribution in [0.5, 0.6) is 0 Å². The fourth-order valence-electron chi connectivity index (χ4n) is 1.87. The number of nitrogens with zero attached hydrogens (tertiary/aromatic N) is 2. The molecule has 0 spiro atoms. The molecule has 1 aromatic carbocycles. The van der Waals surface area contributed by atoms with Crippen molar-refractivity contribution in [2.75, 3.05) is 13.1 Å². The van der Waals surface area contributed by atoms with E-state index in [0.717, 1.165) is 5.56 Å². The summed E-state index contributed by atoms with van der Waals surface area (Å²) in [4.78, 5) is 13.3. The number of likely N-dealkylation sites (tertiary alicyclic amines) is 1. The molecule has 1 aliphatic heterocycles. The molecule has 0 saturated carbocycles. The molecule has 1 N–H and O–H groups in total. The minimum Gasteiger partial charge on any atom is -0.386 e. The largest absolute Gasteiger partial charge is 0.386 e. The van der Waals surface area contributed by atoms with Gasteiger partial charge in [0.15, 0.2) is 0 Å². The molecule has 2 rings (SSSR count). The fraction of sp³-hybridized carbons (Fsp3) is 0.286. The van der Waals surface area contributed by atoms with Gasteiger partial charge in [0.2, 0.25) is 5.91 Å². The van der Waals surface area contributed by atoms with Crippen molar-refractivity contribution in [1.29, 1.82) is 5.26 Å². The summed E-state index contributed by atoms with van der Waals surface area (Å²) in [7, 11) is 0. The minimum atomic E-state index is -0.738. The Labute approximate surface area is 106 Å². The molecule has 1 saturated heterocycles. The van der Waals surface area contributed by atoms with Gasteiger partial charge in [0.1, 0.15) is 0 Å². The summed E-state index contributed by atoms with van der Waals surface area (Å²) in [6, 6.07) is 9.02. The van der Waals surface area contributed by atoms with E-state index >= 15 is 0 Å². The highest BCUT2D eigenvalue weighted by atomic mass is 16.3. The molecular weight excluding hydrogens is 228 g/mol. The molecule has 0 atom stereocenters. The third-order valence-electron chi connectivity index (χ3n) is 2.83. The molecule has 0 aromatic heterocycles. The average Bonchev–Trinajstić information content (AvgIpc) is 2.33. The maximum atomic E-state index is 11.7. The first-order valence-corrected chi connectivity index (χ1v) is 5.70. The number of hydrogen-bond donors (Lipinski definition) is 1. The summed E-state index contributed by atoms with van der Waals surface area (Å²) in [5.74, 6) is -0.106. The molecule has 92 valence electrons. The van der Waals surface area contributed by atoms with E-state index in [-0.39, 0.29) is 5.91 Å². The highest BCUT2D eigenvalue weighted by molar-refractivity contribution is 5.92. The van der Waals surface area contributed by atoms with Gasteiger partial charge in [-0.05, 0) is 30.7 Å². The number of benzene rings is 1. The predicted molar refractivity (Wildman–Crippen MR) is 67.4 cm³/mol. The first kappa shape index (κ1) is 12.3. The number of aliphatic hydroxyl groups is 1. The summed E-state index contributed by atoms with van der Waals surface area (Å²) in [6.45, 7) is 2.47. The predicted octanol–water partition coefficient (Wildman–Crippen LogP) is 1.16. The van der Waals surface area contributed by atoms with Gasteiger partial charge in [-0.1, -0.05) is 12.1 Å². The third-order valence-corrected chi connectivity index (χ3v) is 2.83. The number of rotatable bonds is 2. The fourth-order valence-corrected chi connectivity index (χ4v) is 1.87. The quantitative estimate of drug-likeness (QED) is 0.792. The number of carbonyl (C=O) groups is 1. The molecule has 1 heterocycles. The first-order valence-electron chi connectivity index (χ1n) is 5.70. The van der Waals surface area contributed by atoms with Crippen LogP contribution in [0.3, 0.4) is 0 Å². The molecule has 1 aromatic rings. The minimum absolute atomic E-state index is 0.106. The van der Waals surface area contributed by atoms with Gasteiger partial charge in [-0.25, -0.2) is 0 Å². The molecule has 18 heavy (non-hydrogen) atoms. The van der Waals surface area contributed by atoms with Crippen molar-refractivity contribution in [1.82, 2.24) is 4.90 Å². The number of carbonyl (C=O) groups excluding carboxylic acids is 1. The van der Waals surface area contributed by atoms with E-state index in [1.165, 1.54) is 6.08 Å². The third kappa shape index (κ3) is 2.76. The SMILES string of the molecule is CC1(O)CN(C(=O)C=Cc2ccc(C#N)cc2)C1. The van der Waals surface area contributed by atoms with Gasteiger partial charge in [0.05, 0.1) is 30.3 Å². The molecule has 1 fully saturated rings. The second-order valence-corrected chi connectivity index (χ2v) is 4.76. The monoisotopic (exact) mass is 242 g/mol. The highest BCUT2D eigenvalue weighted by Gasteiger charge is 2.38. The van der Waals surface area contributed by atoms with Crippen LogP contribution in [-0.4, -0.2) is 34.6 Å². The Bertz CT molecular complexity index is 516. The molecule has 0 radical (unpaired) electrons. The second kappa shape index (κ2) is 4.63. The first-order chi connectivity index (χ1) is 8.50. The lowest BCUT2D eigenvalue weighted by Gasteiger charge is -2.43. The van der Waals surface area contributed by atoms with Crippen molar-refractivity contribution in [2.45, 2.75) is 12.5 Å². The van der Waals surface area contributed by atoms with Crippen LogP contribution < -0.4 is 0 Å². The van der Waals surface area contributed by atoms with Crippen molar-refractivity contribution in [2.24, 2.45) is 0 Å². The van der Waals surface area contributed by atoms with Gasteiger partial charge in [0, 0.05) is 6.08 Å². The standard InChI is InChI=1S/C14H14N2O2/c1-14(18)9-16(10-14)13(17)7-6-11-2-4-12(8-15)5-3-11/h2-7,18H,9-10H2,1H3. The molecule has 1 amide bonds. The number of hydrogen-bond acceptors (Lipinski definition) is 3. The molecule has 4 nitrogen and oxygen atoms in total. The average molecular weight is 242 g/mol. The van der Waals surface area contributed by atoms with E-state index in [4.69, 9.17) is 5.26 Å². The molecule has 1 aliphatic rings. The number of nitriles is 1. The maximum Gasteiger partial charge on any atom is 0.246 e. The van der Waals surface area contributed by atoms with Crippen LogP contribution in [0.4, 0.5) is 0 Å². The normalized spacial score (nSPS) is 17.3. The molecule has 0 aliphatic carbocycles. The summed E-state index contributed by atoms with van der Waals surface area (Å²) >= 11 is 0. The zero-order chi connectivity index (χ0) is 13.2.